The Balaban J connectivity index is 1.38. The van der Waals surface area contributed by atoms with E-state index >= 15 is 4.39 Å². The number of halogens is 1. The summed E-state index contributed by atoms with van der Waals surface area (Å²) in [4.78, 5) is 45.8. The first-order chi connectivity index (χ1) is 19.4. The summed E-state index contributed by atoms with van der Waals surface area (Å²) in [5, 5.41) is 0. The van der Waals surface area contributed by atoms with Crippen LogP contribution in [0.15, 0.2) is 17.4 Å². The fourth-order valence-electron chi connectivity index (χ4n) is 4.42. The van der Waals surface area contributed by atoms with Crippen LogP contribution in [0.4, 0.5) is 16.2 Å². The lowest BCUT2D eigenvalue weighted by molar-refractivity contribution is -0.0453. The lowest BCUT2D eigenvalue weighted by Gasteiger charge is -2.24. The summed E-state index contributed by atoms with van der Waals surface area (Å²) in [6, 6.07) is 0. The van der Waals surface area contributed by atoms with Crippen molar-refractivity contribution in [3.05, 3.63) is 28.8 Å². The molecule has 2 unspecified atom stereocenters. The number of ether oxygens (including phenoxy) is 1. The first-order valence-corrected chi connectivity index (χ1v) is 17.0. The number of nitrogens with zero attached hydrogens (tertiary/aromatic N) is 7. The SMILES string of the molecule is Nc1nc2c(nc3n2CCOP(O)(=S)OC[C@H]2O[C@@H](n4cnc5c(N)ncnc54)[C@H](OP(=O)(S)OC3)[C@@H]2F)c(=O)[nH]1. The van der Waals surface area contributed by atoms with E-state index in [9.17, 15) is 14.3 Å². The minimum Gasteiger partial charge on any atom is -0.382 e. The lowest BCUT2D eigenvalue weighted by Crippen LogP contribution is -2.31. The van der Waals surface area contributed by atoms with E-state index in [0.29, 0.717) is 0 Å². The Morgan fingerprint density at radius 1 is 1.17 bits per heavy atom. The molecule has 6 heterocycles. The molecule has 0 saturated carbocycles. The predicted molar refractivity (Wildman–Crippen MR) is 146 cm³/mol. The number of aromatic nitrogens is 8. The number of thiol groups is 1. The number of nitrogens with one attached hydrogen (secondary N) is 1. The van der Waals surface area contributed by atoms with Gasteiger partial charge in [0.1, 0.15) is 36.5 Å². The highest BCUT2D eigenvalue weighted by molar-refractivity contribution is 8.44. The zero-order valence-electron chi connectivity index (χ0n) is 20.5. The highest BCUT2D eigenvalue weighted by Crippen LogP contribution is 2.58. The maximum Gasteiger partial charge on any atom is 0.387 e. The van der Waals surface area contributed by atoms with E-state index in [1.807, 2.05) is 0 Å². The number of anilines is 2. The number of fused-ring (bicyclic) bond motifs is 6. The number of nitrogens with two attached hydrogens (primary N) is 2. The third kappa shape index (κ3) is 5.50. The number of H-pyrrole nitrogens is 1. The molecule has 4 aromatic rings. The van der Waals surface area contributed by atoms with Gasteiger partial charge in [-0.3, -0.25) is 23.4 Å². The number of hydrogen-bond donors (Lipinski definition) is 5. The topological polar surface area (TPSA) is 243 Å². The van der Waals surface area contributed by atoms with Crippen molar-refractivity contribution in [3.8, 4) is 0 Å². The molecule has 2 aliphatic heterocycles. The van der Waals surface area contributed by atoms with E-state index in [-0.39, 0.29) is 53.1 Å². The van der Waals surface area contributed by atoms with Crippen molar-refractivity contribution >= 4 is 71.7 Å². The van der Waals surface area contributed by atoms with Gasteiger partial charge in [0.15, 0.2) is 35.0 Å². The number of imidazole rings is 2. The summed E-state index contributed by atoms with van der Waals surface area (Å²) in [5.74, 6) is -0.0692. The highest BCUT2D eigenvalue weighted by Gasteiger charge is 2.51. The molecule has 0 aromatic carbocycles. The minimum absolute atomic E-state index is 0.0498. The zero-order valence-corrected chi connectivity index (χ0v) is 24.0. The molecule has 6 N–H and O–H groups in total. The molecule has 1 fully saturated rings. The summed E-state index contributed by atoms with van der Waals surface area (Å²) < 4.78 is 59.5. The van der Waals surface area contributed by atoms with Gasteiger partial charge in [-0.1, -0.05) is 12.2 Å². The maximum atomic E-state index is 15.8. The van der Waals surface area contributed by atoms with Gasteiger partial charge >= 0.3 is 13.5 Å². The highest BCUT2D eigenvalue weighted by atomic mass is 32.7. The average molecular weight is 651 g/mol. The normalized spacial score (nSPS) is 31.6. The van der Waals surface area contributed by atoms with Gasteiger partial charge in [-0.25, -0.2) is 28.9 Å². The molecule has 0 radical (unpaired) electrons. The van der Waals surface area contributed by atoms with Crippen molar-refractivity contribution in [1.29, 1.82) is 0 Å². The van der Waals surface area contributed by atoms with E-state index in [4.69, 9.17) is 46.1 Å². The second kappa shape index (κ2) is 10.6. The van der Waals surface area contributed by atoms with Gasteiger partial charge in [-0.2, -0.15) is 4.98 Å². The molecule has 4 aromatic heterocycles. The monoisotopic (exact) mass is 650 g/mol. The molecule has 41 heavy (non-hydrogen) atoms. The smallest absolute Gasteiger partial charge is 0.382 e. The molecule has 0 spiro atoms. The summed E-state index contributed by atoms with van der Waals surface area (Å²) in [6.07, 6.45) is -3.83. The number of nitrogen functional groups attached to an aromatic ring is 2. The Kier molecular flexibility index (Phi) is 7.38. The predicted octanol–water partition coefficient (Wildman–Crippen LogP) is 0.563. The number of alkyl halides is 1. The van der Waals surface area contributed by atoms with Crippen LogP contribution in [0, 0.1) is 0 Å². The van der Waals surface area contributed by atoms with E-state index in [1.165, 1.54) is 21.8 Å². The molecule has 220 valence electrons. The third-order valence-corrected chi connectivity index (χ3v) is 9.42. The molecule has 0 aliphatic carbocycles. The minimum atomic E-state index is -4.35. The first kappa shape index (κ1) is 28.5. The number of rotatable bonds is 1. The van der Waals surface area contributed by atoms with Crippen molar-refractivity contribution in [1.82, 2.24) is 39.0 Å². The molecule has 1 saturated heterocycles. The van der Waals surface area contributed by atoms with Gasteiger partial charge in [0.05, 0.1) is 19.5 Å². The Bertz CT molecular complexity index is 1800. The standard InChI is InChI=1S/C18H21FN10O8P2S2/c19-9-7-3-34-38(31,40)33-2-1-28-8(25-11-15(28)26-18(21)27-16(11)30)4-35-39(32,41)37-12(9)17(36-7)29-6-24-10-13(20)22-5-23-14(10)29/h5-7,9,12,17H,1-4H2,(H,31,40)(H,32,41)(H2,20,22,23)(H3,21,26,27,30)/t7-,9-,12-,17-,38?,39?/m1/s1. The van der Waals surface area contributed by atoms with E-state index in [1.54, 1.807) is 0 Å². The van der Waals surface area contributed by atoms with Gasteiger partial charge in [-0.15, -0.1) is 0 Å². The van der Waals surface area contributed by atoms with Crippen LogP contribution in [0.3, 0.4) is 0 Å². The molecule has 2 aliphatic rings. The molecule has 6 rings (SSSR count). The second-order valence-corrected chi connectivity index (χ2v) is 14.5. The van der Waals surface area contributed by atoms with Crippen LogP contribution in [0.25, 0.3) is 22.3 Å². The fraction of sp³-hybridized carbons (Fsp3) is 0.444. The lowest BCUT2D eigenvalue weighted by atomic mass is 10.1. The van der Waals surface area contributed by atoms with Crippen LogP contribution < -0.4 is 17.0 Å². The van der Waals surface area contributed by atoms with Crippen LogP contribution in [0.5, 0.6) is 0 Å². The van der Waals surface area contributed by atoms with Crippen LogP contribution in [-0.4, -0.2) is 75.5 Å². The van der Waals surface area contributed by atoms with E-state index < -0.39 is 56.9 Å². The van der Waals surface area contributed by atoms with Crippen LogP contribution in [-0.2, 0) is 52.4 Å². The molecule has 6 atom stereocenters. The van der Waals surface area contributed by atoms with Crippen molar-refractivity contribution in [2.45, 2.75) is 37.8 Å². The van der Waals surface area contributed by atoms with Gasteiger partial charge < -0.3 is 34.7 Å². The van der Waals surface area contributed by atoms with Crippen molar-refractivity contribution in [2.24, 2.45) is 0 Å². The van der Waals surface area contributed by atoms with Crippen molar-refractivity contribution in [2.75, 3.05) is 24.7 Å². The summed E-state index contributed by atoms with van der Waals surface area (Å²) in [6.45, 7) is -9.63. The molecular weight excluding hydrogens is 629 g/mol. The molecule has 23 heteroatoms. The first-order valence-electron chi connectivity index (χ1n) is 11.7. The zero-order chi connectivity index (χ0) is 29.1. The molecule has 0 amide bonds. The summed E-state index contributed by atoms with van der Waals surface area (Å²) >= 11 is 9.11. The molecule has 18 nitrogen and oxygen atoms in total. The van der Waals surface area contributed by atoms with Gasteiger partial charge in [0.25, 0.3) is 5.56 Å². The fourth-order valence-corrected chi connectivity index (χ4v) is 6.91. The van der Waals surface area contributed by atoms with Gasteiger partial charge in [-0.05, 0) is 11.8 Å². The average Bonchev–Trinajstić information content (AvgIpc) is 3.56. The largest absolute Gasteiger partial charge is 0.387 e. The van der Waals surface area contributed by atoms with Crippen molar-refractivity contribution < 1.29 is 36.7 Å². The third-order valence-electron chi connectivity index (χ3n) is 6.21. The number of aromatic amines is 1. The Labute approximate surface area is 238 Å². The second-order valence-electron chi connectivity index (χ2n) is 8.81. The Morgan fingerprint density at radius 2 is 1.98 bits per heavy atom. The molecular formula is C18H21FN10O8P2S2. The van der Waals surface area contributed by atoms with E-state index in [0.717, 1.165) is 0 Å². The Hall–Kier alpha value is -2.58. The number of hydrogen-bond acceptors (Lipinski definition) is 15. The Morgan fingerprint density at radius 3 is 2.78 bits per heavy atom. The van der Waals surface area contributed by atoms with Gasteiger partial charge in [0.2, 0.25) is 5.95 Å². The van der Waals surface area contributed by atoms with Crippen LogP contribution in [0.1, 0.15) is 12.1 Å². The summed E-state index contributed by atoms with van der Waals surface area (Å²) in [5.41, 5.74) is 11.3. The van der Waals surface area contributed by atoms with Crippen LogP contribution >= 0.6 is 25.8 Å². The van der Waals surface area contributed by atoms with E-state index in [2.05, 4.69) is 42.2 Å². The molecule has 2 bridgehead atoms. The summed E-state index contributed by atoms with van der Waals surface area (Å²) in [7, 11) is 0. The maximum absolute atomic E-state index is 15.8. The van der Waals surface area contributed by atoms with Crippen LogP contribution in [0.2, 0.25) is 0 Å². The quantitative estimate of drug-likeness (QED) is 0.140. The van der Waals surface area contributed by atoms with Crippen molar-refractivity contribution in [3.63, 3.8) is 0 Å². The van der Waals surface area contributed by atoms with Gasteiger partial charge in [0, 0.05) is 6.54 Å².